The van der Waals surface area contributed by atoms with Gasteiger partial charge in [0.1, 0.15) is 0 Å². The molecule has 0 spiro atoms. The van der Waals surface area contributed by atoms with Gasteiger partial charge >= 0.3 is 0 Å². The van der Waals surface area contributed by atoms with Crippen LogP contribution in [0.2, 0.25) is 0 Å². The zero-order chi connectivity index (χ0) is 20.0. The third-order valence-electron chi connectivity index (χ3n) is 7.33. The number of hydrogen-bond acceptors (Lipinski definition) is 2. The first-order valence-corrected chi connectivity index (χ1v) is 11.1. The molecule has 156 valence electrons. The van der Waals surface area contributed by atoms with E-state index in [0.717, 1.165) is 48.0 Å². The summed E-state index contributed by atoms with van der Waals surface area (Å²) in [5.74, 6) is 2.61. The molecule has 29 heavy (non-hydrogen) atoms. The molecular formula is C23H29F2N3O. The van der Waals surface area contributed by atoms with Gasteiger partial charge in [0.25, 0.3) is 5.91 Å². The molecule has 1 aromatic carbocycles. The Morgan fingerprint density at radius 1 is 1.10 bits per heavy atom. The van der Waals surface area contributed by atoms with Crippen molar-refractivity contribution in [1.82, 2.24) is 14.9 Å². The van der Waals surface area contributed by atoms with Gasteiger partial charge in [-0.25, -0.2) is 13.8 Å². The minimum atomic E-state index is -2.27. The highest BCUT2D eigenvalue weighted by Gasteiger charge is 2.51. The minimum Gasteiger partial charge on any atom is -0.344 e. The molecule has 1 N–H and O–H groups in total. The second-order valence-corrected chi connectivity index (χ2v) is 9.61. The summed E-state index contributed by atoms with van der Waals surface area (Å²) in [6.45, 7) is 0.539. The topological polar surface area (TPSA) is 46.9 Å². The molecule has 0 radical (unpaired) electrons. The molecule has 4 fully saturated rings. The van der Waals surface area contributed by atoms with E-state index in [1.165, 1.54) is 19.3 Å². The van der Waals surface area contributed by atoms with Gasteiger partial charge in [-0.05, 0) is 81.3 Å². The minimum absolute atomic E-state index is 0.0650. The molecule has 1 heterocycles. The van der Waals surface area contributed by atoms with Crippen molar-refractivity contribution in [3.63, 3.8) is 0 Å². The number of rotatable bonds is 7. The molecule has 1 amide bonds. The summed E-state index contributed by atoms with van der Waals surface area (Å²) in [7, 11) is 0. The smallest absolute Gasteiger partial charge is 0.287 e. The molecule has 2 aromatic rings. The van der Waals surface area contributed by atoms with E-state index in [0.29, 0.717) is 25.2 Å². The number of halogens is 2. The number of amides is 1. The van der Waals surface area contributed by atoms with Crippen molar-refractivity contribution < 1.29 is 13.6 Å². The lowest BCUT2D eigenvalue weighted by atomic mass is 9.53. The molecule has 0 saturated heterocycles. The Labute approximate surface area is 170 Å². The average molecular weight is 402 g/mol. The molecule has 0 aliphatic heterocycles. The number of aryl methyl sites for hydroxylation is 1. The molecule has 4 aliphatic carbocycles. The van der Waals surface area contributed by atoms with E-state index < -0.39 is 6.43 Å². The van der Waals surface area contributed by atoms with Crippen LogP contribution in [0.25, 0.3) is 11.0 Å². The third kappa shape index (κ3) is 3.66. The van der Waals surface area contributed by atoms with Gasteiger partial charge in [-0.1, -0.05) is 12.1 Å². The first-order valence-electron chi connectivity index (χ1n) is 11.1. The SMILES string of the molecule is O=C(NC12CC3CC(CC(C3)C1)C2)c1nc2ccccc2n1CCCCC(F)F. The summed E-state index contributed by atoms with van der Waals surface area (Å²) >= 11 is 0. The van der Waals surface area contributed by atoms with Crippen LogP contribution in [-0.2, 0) is 6.54 Å². The van der Waals surface area contributed by atoms with E-state index >= 15 is 0 Å². The van der Waals surface area contributed by atoms with Gasteiger partial charge in [0, 0.05) is 18.5 Å². The third-order valence-corrected chi connectivity index (χ3v) is 7.33. The fourth-order valence-electron chi connectivity index (χ4n) is 6.60. The molecule has 4 aliphatic rings. The lowest BCUT2D eigenvalue weighted by Crippen LogP contribution is -2.60. The van der Waals surface area contributed by atoms with Crippen molar-refractivity contribution in [3.8, 4) is 0 Å². The van der Waals surface area contributed by atoms with Crippen LogP contribution in [0.1, 0.15) is 68.4 Å². The molecule has 4 bridgehead atoms. The zero-order valence-electron chi connectivity index (χ0n) is 16.7. The Morgan fingerprint density at radius 2 is 1.76 bits per heavy atom. The number of nitrogens with zero attached hydrogens (tertiary/aromatic N) is 2. The molecule has 4 saturated carbocycles. The van der Waals surface area contributed by atoms with Gasteiger partial charge in [0.15, 0.2) is 5.82 Å². The highest BCUT2D eigenvalue weighted by atomic mass is 19.3. The molecule has 1 aromatic heterocycles. The number of unbranched alkanes of at least 4 members (excludes halogenated alkanes) is 1. The summed E-state index contributed by atoms with van der Waals surface area (Å²) in [6.07, 6.45) is 5.98. The largest absolute Gasteiger partial charge is 0.344 e. The zero-order valence-corrected chi connectivity index (χ0v) is 16.7. The predicted molar refractivity (Wildman–Crippen MR) is 108 cm³/mol. The Hall–Kier alpha value is -1.98. The average Bonchev–Trinajstić information content (AvgIpc) is 3.02. The highest BCUT2D eigenvalue weighted by Crippen LogP contribution is 2.55. The lowest BCUT2D eigenvalue weighted by Gasteiger charge is -2.56. The predicted octanol–water partition coefficient (Wildman–Crippen LogP) is 5.17. The molecule has 6 rings (SSSR count). The summed E-state index contributed by atoms with van der Waals surface area (Å²) in [6, 6.07) is 7.71. The monoisotopic (exact) mass is 401 g/mol. The molecule has 6 heteroatoms. The van der Waals surface area contributed by atoms with Crippen LogP contribution in [-0.4, -0.2) is 27.4 Å². The number of fused-ring (bicyclic) bond motifs is 1. The van der Waals surface area contributed by atoms with E-state index in [4.69, 9.17) is 0 Å². The van der Waals surface area contributed by atoms with Gasteiger partial charge in [0.2, 0.25) is 6.43 Å². The summed E-state index contributed by atoms with van der Waals surface area (Å²) in [4.78, 5) is 18.0. The van der Waals surface area contributed by atoms with Crippen molar-refractivity contribution in [1.29, 1.82) is 0 Å². The molecule has 4 nitrogen and oxygen atoms in total. The number of carbonyl (C=O) groups is 1. The van der Waals surface area contributed by atoms with Gasteiger partial charge < -0.3 is 9.88 Å². The summed E-state index contributed by atoms with van der Waals surface area (Å²) in [5.41, 5.74) is 1.63. The number of imidazole rings is 1. The van der Waals surface area contributed by atoms with Gasteiger partial charge in [-0.15, -0.1) is 0 Å². The van der Waals surface area contributed by atoms with Crippen LogP contribution in [0.4, 0.5) is 8.78 Å². The normalized spacial score (nSPS) is 30.4. The number of alkyl halides is 2. The van der Waals surface area contributed by atoms with Crippen LogP contribution in [0, 0.1) is 17.8 Å². The van der Waals surface area contributed by atoms with E-state index in [2.05, 4.69) is 10.3 Å². The van der Waals surface area contributed by atoms with Crippen molar-refractivity contribution in [2.45, 2.75) is 76.3 Å². The fourth-order valence-corrected chi connectivity index (χ4v) is 6.60. The summed E-state index contributed by atoms with van der Waals surface area (Å²) in [5, 5.41) is 3.41. The fraction of sp³-hybridized carbons (Fsp3) is 0.652. The van der Waals surface area contributed by atoms with Gasteiger partial charge in [0.05, 0.1) is 11.0 Å². The molecule has 0 unspecified atom stereocenters. The van der Waals surface area contributed by atoms with Crippen molar-refractivity contribution in [2.75, 3.05) is 0 Å². The summed E-state index contributed by atoms with van der Waals surface area (Å²) < 4.78 is 26.9. The van der Waals surface area contributed by atoms with E-state index in [-0.39, 0.29) is 17.9 Å². The Morgan fingerprint density at radius 3 is 2.41 bits per heavy atom. The van der Waals surface area contributed by atoms with E-state index in [1.54, 1.807) is 0 Å². The number of para-hydroxylation sites is 2. The Kier molecular flexibility index (Phi) is 4.83. The quantitative estimate of drug-likeness (QED) is 0.651. The first kappa shape index (κ1) is 19.0. The van der Waals surface area contributed by atoms with Gasteiger partial charge in [-0.3, -0.25) is 4.79 Å². The number of aromatic nitrogens is 2. The maximum Gasteiger partial charge on any atom is 0.287 e. The Bertz CT molecular complexity index is 871. The number of carbonyl (C=O) groups excluding carboxylic acids is 1. The van der Waals surface area contributed by atoms with Crippen LogP contribution in [0.5, 0.6) is 0 Å². The lowest BCUT2D eigenvalue weighted by molar-refractivity contribution is -0.0169. The maximum absolute atomic E-state index is 13.3. The number of nitrogens with one attached hydrogen (secondary N) is 1. The van der Waals surface area contributed by atoms with Crippen LogP contribution >= 0.6 is 0 Å². The van der Waals surface area contributed by atoms with Crippen molar-refractivity contribution in [2.24, 2.45) is 17.8 Å². The maximum atomic E-state index is 13.3. The second kappa shape index (κ2) is 7.37. The number of hydrogen-bond donors (Lipinski definition) is 1. The van der Waals surface area contributed by atoms with Crippen LogP contribution in [0.15, 0.2) is 24.3 Å². The van der Waals surface area contributed by atoms with Crippen molar-refractivity contribution >= 4 is 16.9 Å². The van der Waals surface area contributed by atoms with Crippen LogP contribution in [0.3, 0.4) is 0 Å². The Balaban J connectivity index is 1.37. The highest BCUT2D eigenvalue weighted by molar-refractivity contribution is 5.95. The molecular weight excluding hydrogens is 372 g/mol. The second-order valence-electron chi connectivity index (χ2n) is 9.61. The molecule has 0 atom stereocenters. The van der Waals surface area contributed by atoms with E-state index in [9.17, 15) is 13.6 Å². The van der Waals surface area contributed by atoms with E-state index in [1.807, 2.05) is 28.8 Å². The van der Waals surface area contributed by atoms with Crippen molar-refractivity contribution in [3.05, 3.63) is 30.1 Å². The van der Waals surface area contributed by atoms with Crippen LogP contribution < -0.4 is 5.32 Å². The number of benzene rings is 1. The standard InChI is InChI=1S/C23H29F2N3O/c24-20(25)7-3-4-8-28-19-6-2-1-5-18(19)26-21(28)22(29)27-23-12-15-9-16(13-23)11-17(10-15)14-23/h1-2,5-6,15-17,20H,3-4,7-14H2,(H,27,29). The first-order chi connectivity index (χ1) is 14.0. The van der Waals surface area contributed by atoms with Gasteiger partial charge in [-0.2, -0.15) is 0 Å².